The topological polar surface area (TPSA) is 161 Å². The van der Waals surface area contributed by atoms with Crippen molar-refractivity contribution in [3.63, 3.8) is 0 Å². The monoisotopic (exact) mass is 731 g/mol. The number of ether oxygens (including phenoxy) is 8. The van der Waals surface area contributed by atoms with Crippen LogP contribution in [0.2, 0.25) is 0 Å². The van der Waals surface area contributed by atoms with E-state index in [0.29, 0.717) is 34.6 Å². The molecule has 1 spiro atoms. The fraction of sp³-hybridized carbons (Fsp3) is 0.525. The van der Waals surface area contributed by atoms with Crippen LogP contribution in [0.25, 0.3) is 5.76 Å². The molecular formula is C40H45NO12. The van der Waals surface area contributed by atoms with Gasteiger partial charge in [0.15, 0.2) is 34.5 Å². The van der Waals surface area contributed by atoms with Crippen LogP contribution >= 0.6 is 0 Å². The zero-order valence-corrected chi connectivity index (χ0v) is 31.1. The molecule has 7 aliphatic rings. The second-order valence-corrected chi connectivity index (χ2v) is 16.3. The van der Waals surface area contributed by atoms with E-state index in [1.54, 1.807) is 76.4 Å². The molecule has 13 heteroatoms. The lowest BCUT2D eigenvalue weighted by Gasteiger charge is -2.74. The van der Waals surface area contributed by atoms with E-state index in [0.717, 1.165) is 0 Å². The van der Waals surface area contributed by atoms with Gasteiger partial charge in [0, 0.05) is 34.5 Å². The third kappa shape index (κ3) is 5.00. The summed E-state index contributed by atoms with van der Waals surface area (Å²) in [5.74, 6) is -0.701. The fourth-order valence-electron chi connectivity index (χ4n) is 9.38. The summed E-state index contributed by atoms with van der Waals surface area (Å²) in [6.45, 7) is 11.1. The minimum atomic E-state index is -1.80. The largest absolute Gasteiger partial charge is 0.509 e. The van der Waals surface area contributed by atoms with Crippen molar-refractivity contribution in [1.29, 1.82) is 0 Å². The van der Waals surface area contributed by atoms with Gasteiger partial charge in [-0.1, -0.05) is 20.8 Å². The van der Waals surface area contributed by atoms with Gasteiger partial charge in [-0.25, -0.2) is 14.4 Å². The number of piperidine rings is 1. The van der Waals surface area contributed by atoms with Gasteiger partial charge in [0.05, 0.1) is 25.9 Å². The van der Waals surface area contributed by atoms with E-state index >= 15 is 0 Å². The number of cyclic esters (lactones) is 1. The van der Waals surface area contributed by atoms with Gasteiger partial charge in [0.25, 0.3) is 0 Å². The molecule has 8 atom stereocenters. The molecule has 9 rings (SSSR count). The van der Waals surface area contributed by atoms with Crippen LogP contribution < -0.4 is 14.8 Å². The number of hydrogen-bond acceptors (Lipinski definition) is 13. The summed E-state index contributed by atoms with van der Waals surface area (Å²) < 4.78 is 47.7. The molecule has 0 amide bonds. The van der Waals surface area contributed by atoms with Gasteiger partial charge in [-0.2, -0.15) is 0 Å². The first-order valence-electron chi connectivity index (χ1n) is 18.0. The van der Waals surface area contributed by atoms with E-state index in [1.165, 1.54) is 7.11 Å². The molecule has 2 aliphatic carbocycles. The summed E-state index contributed by atoms with van der Waals surface area (Å²) in [6, 6.07) is 13.3. The molecule has 13 nitrogen and oxygen atoms in total. The highest BCUT2D eigenvalue weighted by Gasteiger charge is 2.89. The minimum Gasteiger partial charge on any atom is -0.497 e. The highest BCUT2D eigenvalue weighted by molar-refractivity contribution is 5.99. The van der Waals surface area contributed by atoms with Gasteiger partial charge in [-0.3, -0.25) is 5.32 Å². The van der Waals surface area contributed by atoms with E-state index < -0.39 is 70.4 Å². The number of allylic oxidation sites excluding steroid dienone is 1. The van der Waals surface area contributed by atoms with E-state index in [-0.39, 0.29) is 35.8 Å². The number of carbonyl (C=O) groups is 3. The summed E-state index contributed by atoms with van der Waals surface area (Å²) >= 11 is 0. The van der Waals surface area contributed by atoms with Crippen LogP contribution in [-0.4, -0.2) is 78.4 Å². The maximum absolute atomic E-state index is 13.7. The molecule has 2 bridgehead atoms. The minimum absolute atomic E-state index is 0.0336. The van der Waals surface area contributed by atoms with Gasteiger partial charge in [-0.15, -0.1) is 0 Å². The molecule has 2 aromatic rings. The first-order chi connectivity index (χ1) is 25.0. The molecule has 2 N–H and O–H groups in total. The Kier molecular flexibility index (Phi) is 7.91. The molecule has 5 fully saturated rings. The van der Waals surface area contributed by atoms with Crippen LogP contribution in [-0.2, 0) is 33.2 Å². The maximum atomic E-state index is 13.7. The lowest BCUT2D eigenvalue weighted by Crippen LogP contribution is -2.91. The van der Waals surface area contributed by atoms with Crippen molar-refractivity contribution in [3.8, 4) is 11.5 Å². The van der Waals surface area contributed by atoms with Crippen LogP contribution in [0.5, 0.6) is 11.5 Å². The number of carbonyl (C=O) groups excluding carboxylic acids is 3. The Balaban J connectivity index is 1.22. The Labute approximate surface area is 307 Å². The fourth-order valence-corrected chi connectivity index (χ4v) is 9.38. The first-order valence-corrected chi connectivity index (χ1v) is 18.0. The van der Waals surface area contributed by atoms with Gasteiger partial charge in [-0.05, 0) is 88.1 Å². The van der Waals surface area contributed by atoms with Crippen LogP contribution in [0.3, 0.4) is 0 Å². The number of aliphatic hydroxyl groups is 1. The number of esters is 2. The molecule has 1 unspecified atom stereocenters. The van der Waals surface area contributed by atoms with Crippen molar-refractivity contribution in [1.82, 2.24) is 5.32 Å². The molecule has 4 saturated heterocycles. The van der Waals surface area contributed by atoms with Crippen molar-refractivity contribution in [2.75, 3.05) is 14.2 Å². The summed E-state index contributed by atoms with van der Waals surface area (Å²) in [6.07, 6.45) is -2.19. The molecule has 0 aromatic heterocycles. The first kappa shape index (κ1) is 35.6. The zero-order chi connectivity index (χ0) is 37.9. The highest BCUT2D eigenvalue weighted by atomic mass is 16.8. The van der Waals surface area contributed by atoms with Crippen LogP contribution in [0, 0.1) is 17.3 Å². The molecule has 0 radical (unpaired) electrons. The molecule has 5 heterocycles. The Morgan fingerprint density at radius 1 is 0.962 bits per heavy atom. The third-order valence-corrected chi connectivity index (χ3v) is 12.0. The van der Waals surface area contributed by atoms with Gasteiger partial charge >= 0.3 is 18.1 Å². The highest BCUT2D eigenvalue weighted by Crippen LogP contribution is 2.73. The maximum Gasteiger partial charge on any atom is 0.509 e. The van der Waals surface area contributed by atoms with E-state index in [9.17, 15) is 19.5 Å². The summed E-state index contributed by atoms with van der Waals surface area (Å²) in [4.78, 5) is 40.7. The van der Waals surface area contributed by atoms with Gasteiger partial charge < -0.3 is 43.0 Å². The summed E-state index contributed by atoms with van der Waals surface area (Å²) in [7, 11) is 3.08. The lowest BCUT2D eigenvalue weighted by atomic mass is 9.44. The zero-order valence-electron chi connectivity index (χ0n) is 31.1. The average molecular weight is 732 g/mol. The van der Waals surface area contributed by atoms with Crippen molar-refractivity contribution in [3.05, 3.63) is 76.6 Å². The number of methoxy groups -OCH3 is 2. The van der Waals surface area contributed by atoms with Crippen molar-refractivity contribution in [2.24, 2.45) is 17.3 Å². The van der Waals surface area contributed by atoms with E-state index in [1.807, 2.05) is 20.8 Å². The standard InChI is InChI=1S/C40H45NO12/c1-20(2)39-33(50-35(44)53-36(3,4)5)38-19-26(51-38)28-27-25(17-18-37(28,6)40(38,45)41-34(39)52-39)32(43)49-30(27)29(21-9-13-23(46-7)14-10-21)48-31(42)22-11-15-24(47-8)16-12-22/h9-16,20,26,28,33-34,41,45H,17-19H2,1-8H3/b30-29+/t26?,28-,33-,34+,37-,38+,39+,40+/m0/s1. The third-order valence-electron chi connectivity index (χ3n) is 12.0. The van der Waals surface area contributed by atoms with Crippen molar-refractivity contribution in [2.45, 2.75) is 102 Å². The van der Waals surface area contributed by atoms with Gasteiger partial charge in [0.2, 0.25) is 0 Å². The van der Waals surface area contributed by atoms with E-state index in [4.69, 9.17) is 37.9 Å². The SMILES string of the molecule is COc1ccc(C(=O)O/C(=C2/OC(=O)C3=C2[C@@H]2C4C[C@@]5(O4)[C@H](OC(=O)OC(C)(C)C)[C@@]4(C(C)C)O[C@H]4N[C@@]5(O)[C@@]2(C)CC3)c2ccc(OC)cc2)cc1. The van der Waals surface area contributed by atoms with Crippen molar-refractivity contribution < 1.29 is 57.4 Å². The number of benzene rings is 2. The predicted octanol–water partition coefficient (Wildman–Crippen LogP) is 5.40. The lowest BCUT2D eigenvalue weighted by molar-refractivity contribution is -0.427. The van der Waals surface area contributed by atoms with Crippen LogP contribution in [0.15, 0.2) is 65.4 Å². The number of fused-ring (bicyclic) bond motifs is 1. The Bertz CT molecular complexity index is 1940. The van der Waals surface area contributed by atoms with Crippen LogP contribution in [0.1, 0.15) is 76.7 Å². The molecule has 53 heavy (non-hydrogen) atoms. The molecule has 282 valence electrons. The number of hydrogen-bond donors (Lipinski definition) is 2. The average Bonchev–Trinajstić information content (AvgIpc) is 3.73. The second-order valence-electron chi connectivity index (χ2n) is 16.3. The van der Waals surface area contributed by atoms with Crippen molar-refractivity contribution >= 4 is 23.9 Å². The quantitative estimate of drug-likeness (QED) is 0.161. The molecule has 1 saturated carbocycles. The Hall–Kier alpha value is -4.43. The predicted molar refractivity (Wildman–Crippen MR) is 186 cm³/mol. The molecule has 5 aliphatic heterocycles. The number of epoxide rings is 1. The molecular weight excluding hydrogens is 686 g/mol. The number of nitrogens with one attached hydrogen (secondary N) is 1. The normalized spacial score (nSPS) is 35.8. The van der Waals surface area contributed by atoms with Gasteiger partial charge in [0.1, 0.15) is 23.3 Å². The smallest absolute Gasteiger partial charge is 0.497 e. The number of rotatable bonds is 7. The molecule has 2 aromatic carbocycles. The van der Waals surface area contributed by atoms with E-state index in [2.05, 4.69) is 5.32 Å². The Morgan fingerprint density at radius 2 is 1.57 bits per heavy atom. The summed E-state index contributed by atoms with van der Waals surface area (Å²) in [5.41, 5.74) is -4.35. The van der Waals surface area contributed by atoms with Crippen LogP contribution in [0.4, 0.5) is 4.79 Å². The Morgan fingerprint density at radius 3 is 2.13 bits per heavy atom. The summed E-state index contributed by atoms with van der Waals surface area (Å²) in [5, 5.41) is 16.6. The second kappa shape index (κ2) is 11.8.